The van der Waals surface area contributed by atoms with Crippen LogP contribution in [-0.4, -0.2) is 34.4 Å². The molecule has 2 aliphatic heterocycles. The molecule has 2 nitrogen and oxygen atoms in total. The zero-order chi connectivity index (χ0) is 27.0. The van der Waals surface area contributed by atoms with Crippen LogP contribution in [0.2, 0.25) is 10.0 Å². The third-order valence-corrected chi connectivity index (χ3v) is 17.3. The van der Waals surface area contributed by atoms with Crippen molar-refractivity contribution in [3.05, 3.63) is 103 Å². The van der Waals surface area contributed by atoms with Gasteiger partial charge in [0.05, 0.1) is 0 Å². The maximum atomic E-state index is 6.48. The highest BCUT2D eigenvalue weighted by atomic mass is 35.5. The molecule has 0 bridgehead atoms. The fraction of sp³-hybridized carbons (Fsp3) is 0.375. The van der Waals surface area contributed by atoms with Crippen molar-refractivity contribution in [2.24, 2.45) is 0 Å². The van der Waals surface area contributed by atoms with Gasteiger partial charge in [0.25, 0.3) is 0 Å². The number of fused-ring (bicyclic) bond motifs is 2. The van der Waals surface area contributed by atoms with Gasteiger partial charge in [-0.3, -0.25) is 9.80 Å². The summed E-state index contributed by atoms with van der Waals surface area (Å²) in [6.45, 7) is 10.9. The van der Waals surface area contributed by atoms with Crippen LogP contribution >= 0.6 is 55.9 Å². The highest BCUT2D eigenvalue weighted by Crippen LogP contribution is 2.66. The molecule has 0 radical (unpaired) electrons. The third-order valence-electron chi connectivity index (χ3n) is 8.31. The summed E-state index contributed by atoms with van der Waals surface area (Å²) in [5.41, 5.74) is 5.54. The Morgan fingerprint density at radius 2 is 1.13 bits per heavy atom. The second-order valence-corrected chi connectivity index (χ2v) is 18.0. The van der Waals surface area contributed by atoms with Crippen LogP contribution in [-0.2, 0) is 39.0 Å². The minimum Gasteiger partial charge on any atom is -0.294 e. The Kier molecular flexibility index (Phi) is 8.49. The first-order chi connectivity index (χ1) is 19.0. The number of hydrogen-bond donors (Lipinski definition) is 0. The van der Waals surface area contributed by atoms with Crippen LogP contribution in [0.25, 0.3) is 0 Å². The summed E-state index contributed by atoms with van der Waals surface area (Å²) in [4.78, 5) is 8.33. The minimum atomic E-state index is -1.03. The van der Waals surface area contributed by atoms with Gasteiger partial charge in [-0.15, -0.1) is 22.7 Å². The molecule has 0 saturated carbocycles. The Bertz CT molecular complexity index is 1350. The van der Waals surface area contributed by atoms with E-state index in [1.165, 1.54) is 22.6 Å². The first-order valence-electron chi connectivity index (χ1n) is 13.9. The number of benzene rings is 2. The molecule has 0 aliphatic carbocycles. The molecule has 2 aromatic heterocycles. The normalized spacial score (nSPS) is 16.7. The maximum Gasteiger partial charge on any atom is 0.0482 e. The first kappa shape index (κ1) is 27.8. The van der Waals surface area contributed by atoms with Crippen molar-refractivity contribution in [2.75, 3.05) is 24.6 Å². The van der Waals surface area contributed by atoms with Crippen molar-refractivity contribution in [3.8, 4) is 0 Å². The predicted octanol–water partition coefficient (Wildman–Crippen LogP) is 9.50. The van der Waals surface area contributed by atoms with Gasteiger partial charge in [0, 0.05) is 67.5 Å². The quantitative estimate of drug-likeness (QED) is 0.195. The lowest BCUT2D eigenvalue weighted by Gasteiger charge is -2.36. The summed E-state index contributed by atoms with van der Waals surface area (Å²) >= 11 is 17.2. The Balaban J connectivity index is 1.22. The minimum absolute atomic E-state index is 0.877. The van der Waals surface area contributed by atoms with E-state index in [0.717, 1.165) is 62.2 Å². The molecule has 6 rings (SSSR count). The Morgan fingerprint density at radius 3 is 1.54 bits per heavy atom. The SMILES string of the molecule is CCS(CC)(c1cc2c(s1)CCN(Cc1ccccc1Cl)C2)c1cc2c(s1)CCN(Cc1ccccc1Cl)C2. The number of rotatable bonds is 8. The third kappa shape index (κ3) is 5.61. The van der Waals surface area contributed by atoms with Crippen molar-refractivity contribution < 1.29 is 0 Å². The van der Waals surface area contributed by atoms with Crippen LogP contribution in [0, 0.1) is 0 Å². The van der Waals surface area contributed by atoms with Crippen molar-refractivity contribution in [3.63, 3.8) is 0 Å². The van der Waals surface area contributed by atoms with Crippen LogP contribution in [0.4, 0.5) is 0 Å². The molecule has 2 aromatic carbocycles. The van der Waals surface area contributed by atoms with Gasteiger partial charge in [-0.2, -0.15) is 10.0 Å². The molecule has 0 spiro atoms. The van der Waals surface area contributed by atoms with Gasteiger partial charge in [-0.25, -0.2) is 0 Å². The van der Waals surface area contributed by atoms with Crippen LogP contribution in [0.3, 0.4) is 0 Å². The van der Waals surface area contributed by atoms with Gasteiger partial charge in [-0.05, 0) is 70.9 Å². The lowest BCUT2D eigenvalue weighted by Crippen LogP contribution is -2.29. The van der Waals surface area contributed by atoms with E-state index >= 15 is 0 Å². The molecule has 4 heterocycles. The van der Waals surface area contributed by atoms with Gasteiger partial charge in [-0.1, -0.05) is 73.4 Å². The summed E-state index contributed by atoms with van der Waals surface area (Å²) < 4.78 is 3.28. The number of halogens is 2. The van der Waals surface area contributed by atoms with E-state index in [2.05, 4.69) is 82.7 Å². The van der Waals surface area contributed by atoms with Crippen LogP contribution in [0.1, 0.15) is 45.9 Å². The highest BCUT2D eigenvalue weighted by Gasteiger charge is 2.33. The molecule has 4 aromatic rings. The molecule has 0 saturated heterocycles. The van der Waals surface area contributed by atoms with Gasteiger partial charge in [0.2, 0.25) is 0 Å². The number of thiophene rings is 2. The van der Waals surface area contributed by atoms with E-state index < -0.39 is 10.0 Å². The Morgan fingerprint density at radius 1 is 0.692 bits per heavy atom. The Hall–Kier alpha value is -1.31. The average molecular weight is 616 g/mol. The second-order valence-electron chi connectivity index (χ2n) is 10.6. The lowest BCUT2D eigenvalue weighted by molar-refractivity contribution is 0.247. The Labute approximate surface area is 252 Å². The fourth-order valence-corrected chi connectivity index (χ4v) is 14.6. The topological polar surface area (TPSA) is 6.48 Å². The average Bonchev–Trinajstić information content (AvgIpc) is 3.57. The van der Waals surface area contributed by atoms with Crippen molar-refractivity contribution in [1.82, 2.24) is 9.80 Å². The van der Waals surface area contributed by atoms with E-state index in [1.807, 2.05) is 24.3 Å². The van der Waals surface area contributed by atoms with Crippen molar-refractivity contribution >= 4 is 55.9 Å². The summed E-state index contributed by atoms with van der Waals surface area (Å²) in [6.07, 6.45) is 2.29. The lowest BCUT2D eigenvalue weighted by atomic mass is 10.1. The number of hydrogen-bond acceptors (Lipinski definition) is 4. The summed E-state index contributed by atoms with van der Waals surface area (Å²) in [5, 5.41) is 1.75. The van der Waals surface area contributed by atoms with Crippen LogP contribution < -0.4 is 0 Å². The molecular formula is C32H36Cl2N2S3. The van der Waals surface area contributed by atoms with E-state index in [0.29, 0.717) is 0 Å². The maximum absolute atomic E-state index is 6.48. The second kappa shape index (κ2) is 11.9. The van der Waals surface area contributed by atoms with Gasteiger partial charge >= 0.3 is 0 Å². The van der Waals surface area contributed by atoms with E-state index in [9.17, 15) is 0 Å². The first-order valence-corrected chi connectivity index (χ1v) is 18.3. The molecule has 0 N–H and O–H groups in total. The van der Waals surface area contributed by atoms with E-state index in [-0.39, 0.29) is 0 Å². The molecule has 7 heteroatoms. The standard InChI is InChI=1S/C32H36Cl2N2S3/c1-3-39(4-2,31-17-25-21-35(15-13-29(25)37-31)19-23-9-5-7-11-27(23)33)32-18-26-22-36(16-14-30(26)38-32)20-24-10-6-8-12-28(24)34/h5-12,17-18H,3-4,13-16,19-22H2,1-2H3. The largest absolute Gasteiger partial charge is 0.294 e. The number of nitrogens with zero attached hydrogens (tertiary/aromatic N) is 2. The smallest absolute Gasteiger partial charge is 0.0482 e. The van der Waals surface area contributed by atoms with Gasteiger partial charge < -0.3 is 0 Å². The predicted molar refractivity (Wildman–Crippen MR) is 172 cm³/mol. The van der Waals surface area contributed by atoms with Crippen molar-refractivity contribution in [2.45, 2.75) is 61.3 Å². The zero-order valence-corrected chi connectivity index (χ0v) is 26.7. The molecule has 0 fully saturated rings. The van der Waals surface area contributed by atoms with E-state index in [1.54, 1.807) is 29.3 Å². The molecule has 0 atom stereocenters. The summed E-state index contributed by atoms with van der Waals surface area (Å²) in [7, 11) is -1.03. The zero-order valence-electron chi connectivity index (χ0n) is 22.7. The summed E-state index contributed by atoms with van der Waals surface area (Å²) in [6, 6.07) is 21.7. The van der Waals surface area contributed by atoms with Crippen molar-refractivity contribution in [1.29, 1.82) is 0 Å². The molecule has 0 amide bonds. The molecule has 39 heavy (non-hydrogen) atoms. The molecule has 206 valence electrons. The fourth-order valence-electron chi connectivity index (χ4n) is 5.99. The highest BCUT2D eigenvalue weighted by molar-refractivity contribution is 8.35. The monoisotopic (exact) mass is 614 g/mol. The van der Waals surface area contributed by atoms with E-state index in [4.69, 9.17) is 23.2 Å². The van der Waals surface area contributed by atoms with Gasteiger partial charge in [0.1, 0.15) is 0 Å². The molecular weight excluding hydrogens is 579 g/mol. The summed E-state index contributed by atoms with van der Waals surface area (Å²) in [5.74, 6) is 2.43. The molecule has 2 aliphatic rings. The van der Waals surface area contributed by atoms with Crippen LogP contribution in [0.15, 0.2) is 69.1 Å². The molecule has 0 unspecified atom stereocenters. The van der Waals surface area contributed by atoms with Crippen LogP contribution in [0.5, 0.6) is 0 Å². The van der Waals surface area contributed by atoms with Gasteiger partial charge in [0.15, 0.2) is 0 Å².